The van der Waals surface area contributed by atoms with E-state index in [0.29, 0.717) is 13.0 Å². The second kappa shape index (κ2) is 6.35. The summed E-state index contributed by atoms with van der Waals surface area (Å²) in [5, 5.41) is 12.2. The van der Waals surface area contributed by atoms with E-state index in [1.807, 2.05) is 6.07 Å². The lowest BCUT2D eigenvalue weighted by Gasteiger charge is -2.18. The van der Waals surface area contributed by atoms with Gasteiger partial charge in [-0.3, -0.25) is 4.79 Å². The summed E-state index contributed by atoms with van der Waals surface area (Å²) < 4.78 is 1.22. The molecule has 0 atom stereocenters. The van der Waals surface area contributed by atoms with Crippen LogP contribution in [0.25, 0.3) is 0 Å². The summed E-state index contributed by atoms with van der Waals surface area (Å²) in [5.41, 5.74) is 0.572. The zero-order chi connectivity index (χ0) is 12.9. The Morgan fingerprint density at radius 3 is 2.76 bits per heavy atom. The van der Waals surface area contributed by atoms with Crippen LogP contribution in [0.1, 0.15) is 25.8 Å². The topological polar surface area (TPSA) is 49.3 Å². The largest absolute Gasteiger partial charge is 0.481 e. The molecule has 0 radical (unpaired) electrons. The van der Waals surface area contributed by atoms with Gasteiger partial charge < -0.3 is 10.4 Å². The monoisotopic (exact) mass is 347 g/mol. The number of nitrogens with one attached hydrogen (secondary N) is 1. The van der Waals surface area contributed by atoms with E-state index in [1.165, 1.54) is 9.13 Å². The standard InChI is InChI=1S/C13H18INO2/c1-13(2,12(16)17)6-7-15-9-10-4-3-5-11(14)8-10/h3-5,8,15H,6-7,9H2,1-2H3,(H,16,17). The molecule has 0 aromatic heterocycles. The molecule has 0 saturated heterocycles. The van der Waals surface area contributed by atoms with Crippen LogP contribution in [-0.2, 0) is 11.3 Å². The average Bonchev–Trinajstić information content (AvgIpc) is 2.24. The highest BCUT2D eigenvalue weighted by Crippen LogP contribution is 2.19. The number of halogens is 1. The molecule has 3 nitrogen and oxygen atoms in total. The highest BCUT2D eigenvalue weighted by atomic mass is 127. The van der Waals surface area contributed by atoms with Gasteiger partial charge in [0.1, 0.15) is 0 Å². The fourth-order valence-corrected chi connectivity index (χ4v) is 2.00. The van der Waals surface area contributed by atoms with Crippen molar-refractivity contribution in [2.24, 2.45) is 5.41 Å². The van der Waals surface area contributed by atoms with Crippen LogP contribution in [0.15, 0.2) is 24.3 Å². The van der Waals surface area contributed by atoms with E-state index in [0.717, 1.165) is 6.54 Å². The predicted octanol–water partition coefficient (Wildman–Crippen LogP) is 2.88. The Balaban J connectivity index is 2.32. The molecule has 0 spiro atoms. The summed E-state index contributed by atoms with van der Waals surface area (Å²) in [7, 11) is 0. The molecule has 4 heteroatoms. The first kappa shape index (κ1) is 14.4. The third-order valence-electron chi connectivity index (χ3n) is 2.72. The molecule has 0 aliphatic rings. The van der Waals surface area contributed by atoms with Crippen LogP contribution >= 0.6 is 22.6 Å². The first-order valence-electron chi connectivity index (χ1n) is 5.60. The molecule has 0 heterocycles. The quantitative estimate of drug-likeness (QED) is 0.615. The Morgan fingerprint density at radius 1 is 1.47 bits per heavy atom. The van der Waals surface area contributed by atoms with Crippen molar-refractivity contribution in [1.82, 2.24) is 5.32 Å². The van der Waals surface area contributed by atoms with Crippen LogP contribution < -0.4 is 5.32 Å². The lowest BCUT2D eigenvalue weighted by Crippen LogP contribution is -2.28. The number of hydrogen-bond acceptors (Lipinski definition) is 2. The number of benzene rings is 1. The zero-order valence-corrected chi connectivity index (χ0v) is 12.3. The van der Waals surface area contributed by atoms with Gasteiger partial charge >= 0.3 is 5.97 Å². The van der Waals surface area contributed by atoms with E-state index in [2.05, 4.69) is 46.1 Å². The smallest absolute Gasteiger partial charge is 0.309 e. The number of rotatable bonds is 6. The van der Waals surface area contributed by atoms with E-state index >= 15 is 0 Å². The molecule has 0 bridgehead atoms. The van der Waals surface area contributed by atoms with Crippen molar-refractivity contribution in [3.8, 4) is 0 Å². The van der Waals surface area contributed by atoms with E-state index in [1.54, 1.807) is 13.8 Å². The lowest BCUT2D eigenvalue weighted by molar-refractivity contribution is -0.147. The molecule has 0 saturated carbocycles. The van der Waals surface area contributed by atoms with Crippen LogP contribution in [0.5, 0.6) is 0 Å². The average molecular weight is 347 g/mol. The molecule has 0 aliphatic carbocycles. The Labute approximate surface area is 116 Å². The van der Waals surface area contributed by atoms with Crippen LogP contribution in [-0.4, -0.2) is 17.6 Å². The van der Waals surface area contributed by atoms with Gasteiger partial charge in [-0.15, -0.1) is 0 Å². The molecular formula is C13H18INO2. The van der Waals surface area contributed by atoms with Crippen molar-refractivity contribution < 1.29 is 9.90 Å². The van der Waals surface area contributed by atoms with Gasteiger partial charge in [0.05, 0.1) is 5.41 Å². The minimum atomic E-state index is -0.742. The van der Waals surface area contributed by atoms with Gasteiger partial charge in [0, 0.05) is 10.1 Å². The zero-order valence-electron chi connectivity index (χ0n) is 10.2. The van der Waals surface area contributed by atoms with Crippen molar-refractivity contribution in [3.05, 3.63) is 33.4 Å². The van der Waals surface area contributed by atoms with Gasteiger partial charge in [0.25, 0.3) is 0 Å². The fraction of sp³-hybridized carbons (Fsp3) is 0.462. The Kier molecular flexibility index (Phi) is 5.39. The van der Waals surface area contributed by atoms with Crippen molar-refractivity contribution >= 4 is 28.6 Å². The normalized spacial score (nSPS) is 11.5. The third-order valence-corrected chi connectivity index (χ3v) is 3.39. The Hall–Kier alpha value is -0.620. The maximum absolute atomic E-state index is 10.9. The molecule has 1 rings (SSSR count). The van der Waals surface area contributed by atoms with Crippen molar-refractivity contribution in [2.45, 2.75) is 26.8 Å². The second-order valence-corrected chi connectivity index (χ2v) is 5.99. The summed E-state index contributed by atoms with van der Waals surface area (Å²) in [6.07, 6.45) is 0.631. The Morgan fingerprint density at radius 2 is 2.18 bits per heavy atom. The first-order valence-corrected chi connectivity index (χ1v) is 6.68. The van der Waals surface area contributed by atoms with E-state index in [4.69, 9.17) is 5.11 Å². The second-order valence-electron chi connectivity index (χ2n) is 4.75. The van der Waals surface area contributed by atoms with Gasteiger partial charge in [0.2, 0.25) is 0 Å². The molecule has 0 unspecified atom stereocenters. The molecule has 94 valence electrons. The van der Waals surface area contributed by atoms with E-state index < -0.39 is 11.4 Å². The maximum Gasteiger partial charge on any atom is 0.309 e. The first-order chi connectivity index (χ1) is 7.92. The number of aliphatic carboxylic acids is 1. The fourth-order valence-electron chi connectivity index (χ4n) is 1.39. The van der Waals surface area contributed by atoms with Gasteiger partial charge in [-0.25, -0.2) is 0 Å². The molecule has 17 heavy (non-hydrogen) atoms. The highest BCUT2D eigenvalue weighted by molar-refractivity contribution is 14.1. The van der Waals surface area contributed by atoms with E-state index in [9.17, 15) is 4.79 Å². The van der Waals surface area contributed by atoms with Gasteiger partial charge in [-0.05, 0) is 67.1 Å². The molecule has 1 aromatic carbocycles. The summed E-state index contributed by atoms with van der Waals surface area (Å²) in [5.74, 6) is -0.742. The minimum absolute atomic E-state index is 0.631. The maximum atomic E-state index is 10.9. The van der Waals surface area contributed by atoms with Gasteiger partial charge in [-0.1, -0.05) is 12.1 Å². The minimum Gasteiger partial charge on any atom is -0.481 e. The SMILES string of the molecule is CC(C)(CCNCc1cccc(I)c1)C(=O)O. The van der Waals surface area contributed by atoms with E-state index in [-0.39, 0.29) is 0 Å². The molecule has 1 aromatic rings. The summed E-state index contributed by atoms with van der Waals surface area (Å²) in [4.78, 5) is 10.9. The van der Waals surface area contributed by atoms with Crippen molar-refractivity contribution in [3.63, 3.8) is 0 Å². The van der Waals surface area contributed by atoms with Crippen LogP contribution in [0.2, 0.25) is 0 Å². The van der Waals surface area contributed by atoms with Crippen LogP contribution in [0, 0.1) is 8.99 Å². The number of carboxylic acids is 1. The lowest BCUT2D eigenvalue weighted by atomic mass is 9.90. The van der Waals surface area contributed by atoms with Crippen LogP contribution in [0.4, 0.5) is 0 Å². The predicted molar refractivity (Wildman–Crippen MR) is 76.9 cm³/mol. The molecule has 0 fully saturated rings. The van der Waals surface area contributed by atoms with Gasteiger partial charge in [-0.2, -0.15) is 0 Å². The number of carboxylic acid groups (broad SMARTS) is 1. The summed E-state index contributed by atoms with van der Waals surface area (Å²) >= 11 is 2.28. The summed E-state index contributed by atoms with van der Waals surface area (Å²) in [6.45, 7) is 5.00. The highest BCUT2D eigenvalue weighted by Gasteiger charge is 2.25. The van der Waals surface area contributed by atoms with Crippen molar-refractivity contribution in [2.75, 3.05) is 6.54 Å². The summed E-state index contributed by atoms with van der Waals surface area (Å²) in [6, 6.07) is 8.27. The van der Waals surface area contributed by atoms with Crippen LogP contribution in [0.3, 0.4) is 0 Å². The Bertz CT molecular complexity index is 391. The van der Waals surface area contributed by atoms with Crippen molar-refractivity contribution in [1.29, 1.82) is 0 Å². The number of hydrogen-bond donors (Lipinski definition) is 2. The van der Waals surface area contributed by atoms with Gasteiger partial charge in [0.15, 0.2) is 0 Å². The molecule has 2 N–H and O–H groups in total. The molecule has 0 amide bonds. The third kappa shape index (κ3) is 5.04. The molecule has 0 aliphatic heterocycles. The molecular weight excluding hydrogens is 329 g/mol. The number of carbonyl (C=O) groups is 1.